The Bertz CT molecular complexity index is 577. The molecule has 0 fully saturated rings. The molecule has 0 aliphatic heterocycles. The number of amides is 1. The highest BCUT2D eigenvalue weighted by Gasteiger charge is 2.00. The Kier molecular flexibility index (Phi) is 4.94. The van der Waals surface area contributed by atoms with E-state index in [1.54, 1.807) is 18.5 Å². The summed E-state index contributed by atoms with van der Waals surface area (Å²) in [5.41, 5.74) is 1.81. The van der Waals surface area contributed by atoms with Crippen LogP contribution in [0.4, 0.5) is 0 Å². The van der Waals surface area contributed by atoms with E-state index < -0.39 is 0 Å². The molecule has 5 heteroatoms. The highest BCUT2D eigenvalue weighted by molar-refractivity contribution is 5.92. The monoisotopic (exact) mass is 271 g/mol. The number of H-pyrrole nitrogens is 1. The molecule has 0 radical (unpaired) electrons. The number of hydrogen-bond donors (Lipinski definition) is 2. The summed E-state index contributed by atoms with van der Waals surface area (Å²) in [6.45, 7) is 2.97. The molecule has 0 unspecified atom stereocenters. The average Bonchev–Trinajstić information content (AvgIpc) is 2.98. The fraction of sp³-hybridized carbons (Fsp3) is 0.200. The summed E-state index contributed by atoms with van der Waals surface area (Å²) >= 11 is 0. The van der Waals surface area contributed by atoms with Gasteiger partial charge in [-0.05, 0) is 19.1 Å². The average molecular weight is 271 g/mol. The molecule has 1 amide bonds. The molecule has 0 atom stereocenters. The second-order valence-corrected chi connectivity index (χ2v) is 4.13. The van der Waals surface area contributed by atoms with Crippen molar-refractivity contribution in [2.24, 2.45) is 0 Å². The van der Waals surface area contributed by atoms with Gasteiger partial charge in [0, 0.05) is 29.9 Å². The van der Waals surface area contributed by atoms with Gasteiger partial charge in [0.25, 0.3) is 0 Å². The lowest BCUT2D eigenvalue weighted by Crippen LogP contribution is -2.19. The molecule has 1 aromatic heterocycles. The van der Waals surface area contributed by atoms with Crippen molar-refractivity contribution >= 4 is 12.0 Å². The summed E-state index contributed by atoms with van der Waals surface area (Å²) in [5.74, 6) is 0.617. The fourth-order valence-electron chi connectivity index (χ4n) is 1.69. The molecule has 5 nitrogen and oxygen atoms in total. The number of nitrogens with zero attached hydrogens (tertiary/aromatic N) is 1. The molecule has 2 aromatic rings. The molecule has 0 aliphatic carbocycles. The summed E-state index contributed by atoms with van der Waals surface area (Å²) in [4.78, 5) is 11.7. The quantitative estimate of drug-likeness (QED) is 0.791. The number of benzene rings is 1. The maximum atomic E-state index is 11.7. The van der Waals surface area contributed by atoms with Crippen molar-refractivity contribution in [1.29, 1.82) is 0 Å². The zero-order valence-corrected chi connectivity index (χ0v) is 11.3. The van der Waals surface area contributed by atoms with E-state index in [0.717, 1.165) is 16.9 Å². The Morgan fingerprint density at radius 1 is 1.45 bits per heavy atom. The first-order valence-electron chi connectivity index (χ1n) is 6.45. The van der Waals surface area contributed by atoms with Crippen molar-refractivity contribution in [2.45, 2.75) is 13.5 Å². The van der Waals surface area contributed by atoms with Gasteiger partial charge < -0.3 is 10.1 Å². The molecule has 0 saturated carbocycles. The first kappa shape index (κ1) is 13.9. The van der Waals surface area contributed by atoms with Crippen molar-refractivity contribution in [3.05, 3.63) is 53.9 Å². The van der Waals surface area contributed by atoms with Gasteiger partial charge in [-0.1, -0.05) is 18.2 Å². The van der Waals surface area contributed by atoms with Crippen LogP contribution in [0.5, 0.6) is 5.75 Å². The second-order valence-electron chi connectivity index (χ2n) is 4.13. The Morgan fingerprint density at radius 3 is 3.05 bits per heavy atom. The van der Waals surface area contributed by atoms with E-state index in [0.29, 0.717) is 13.2 Å². The summed E-state index contributed by atoms with van der Waals surface area (Å²) in [7, 11) is 0. The maximum absolute atomic E-state index is 11.7. The van der Waals surface area contributed by atoms with Crippen molar-refractivity contribution in [3.8, 4) is 5.75 Å². The van der Waals surface area contributed by atoms with Gasteiger partial charge in [0.15, 0.2) is 0 Å². The molecule has 0 saturated heterocycles. The smallest absolute Gasteiger partial charge is 0.244 e. The lowest BCUT2D eigenvalue weighted by atomic mass is 10.2. The number of aromatic nitrogens is 2. The minimum absolute atomic E-state index is 0.155. The predicted octanol–water partition coefficient (Wildman–Crippen LogP) is 2.14. The Balaban J connectivity index is 1.93. The van der Waals surface area contributed by atoms with E-state index in [2.05, 4.69) is 15.5 Å². The lowest BCUT2D eigenvalue weighted by molar-refractivity contribution is -0.116. The Morgan fingerprint density at radius 2 is 2.30 bits per heavy atom. The Hall–Kier alpha value is -2.56. The number of aromatic amines is 1. The number of rotatable bonds is 6. The van der Waals surface area contributed by atoms with Gasteiger partial charge in [0.1, 0.15) is 5.75 Å². The third-order valence-corrected chi connectivity index (χ3v) is 2.65. The number of nitrogens with one attached hydrogen (secondary N) is 2. The van der Waals surface area contributed by atoms with E-state index >= 15 is 0 Å². The van der Waals surface area contributed by atoms with E-state index in [-0.39, 0.29) is 5.91 Å². The van der Waals surface area contributed by atoms with E-state index in [1.165, 1.54) is 6.08 Å². The van der Waals surface area contributed by atoms with Crippen molar-refractivity contribution in [2.75, 3.05) is 6.61 Å². The van der Waals surface area contributed by atoms with Crippen LogP contribution in [-0.4, -0.2) is 22.7 Å². The van der Waals surface area contributed by atoms with Crippen molar-refractivity contribution < 1.29 is 9.53 Å². The normalized spacial score (nSPS) is 10.7. The zero-order valence-electron chi connectivity index (χ0n) is 11.3. The summed E-state index contributed by atoms with van der Waals surface area (Å²) in [5, 5.41) is 9.29. The second kappa shape index (κ2) is 7.13. The molecule has 2 rings (SSSR count). The lowest BCUT2D eigenvalue weighted by Gasteiger charge is -2.06. The molecule has 0 bridgehead atoms. The van der Waals surface area contributed by atoms with Crippen LogP contribution in [0, 0.1) is 0 Å². The minimum atomic E-state index is -0.155. The molecule has 1 heterocycles. The van der Waals surface area contributed by atoms with Gasteiger partial charge in [-0.2, -0.15) is 5.10 Å². The predicted molar refractivity (Wildman–Crippen MR) is 77.1 cm³/mol. The van der Waals surface area contributed by atoms with Crippen LogP contribution in [0.25, 0.3) is 6.08 Å². The highest BCUT2D eigenvalue weighted by Crippen LogP contribution is 2.19. The van der Waals surface area contributed by atoms with Gasteiger partial charge in [-0.15, -0.1) is 0 Å². The van der Waals surface area contributed by atoms with Crippen LogP contribution in [0.15, 0.2) is 42.7 Å². The van der Waals surface area contributed by atoms with Gasteiger partial charge in [-0.3, -0.25) is 9.89 Å². The van der Waals surface area contributed by atoms with Gasteiger partial charge in [-0.25, -0.2) is 0 Å². The number of carbonyl (C=O) groups is 1. The number of ether oxygens (including phenoxy) is 1. The van der Waals surface area contributed by atoms with Crippen LogP contribution in [0.3, 0.4) is 0 Å². The topological polar surface area (TPSA) is 67.0 Å². The molecule has 20 heavy (non-hydrogen) atoms. The zero-order chi connectivity index (χ0) is 14.2. The van der Waals surface area contributed by atoms with Crippen molar-refractivity contribution in [3.63, 3.8) is 0 Å². The van der Waals surface area contributed by atoms with Crippen LogP contribution in [0.2, 0.25) is 0 Å². The largest absolute Gasteiger partial charge is 0.493 e. The van der Waals surface area contributed by atoms with Crippen LogP contribution >= 0.6 is 0 Å². The highest BCUT2D eigenvalue weighted by atomic mass is 16.5. The minimum Gasteiger partial charge on any atom is -0.493 e. The van der Waals surface area contributed by atoms with Crippen LogP contribution in [-0.2, 0) is 11.3 Å². The van der Waals surface area contributed by atoms with Crippen molar-refractivity contribution in [1.82, 2.24) is 15.5 Å². The number of para-hydroxylation sites is 1. The first-order valence-corrected chi connectivity index (χ1v) is 6.45. The van der Waals surface area contributed by atoms with Gasteiger partial charge in [0.2, 0.25) is 5.91 Å². The van der Waals surface area contributed by atoms with E-state index in [9.17, 15) is 4.79 Å². The molecule has 2 N–H and O–H groups in total. The molecule has 0 spiro atoms. The third kappa shape index (κ3) is 3.98. The van der Waals surface area contributed by atoms with Gasteiger partial charge in [0.05, 0.1) is 12.8 Å². The SMILES string of the molecule is CCOc1ccccc1/C=C/C(=O)NCc1cn[nH]c1. The van der Waals surface area contributed by atoms with Crippen LogP contribution < -0.4 is 10.1 Å². The summed E-state index contributed by atoms with van der Waals surface area (Å²) in [6.07, 6.45) is 6.66. The van der Waals surface area contributed by atoms with Gasteiger partial charge >= 0.3 is 0 Å². The molecule has 104 valence electrons. The maximum Gasteiger partial charge on any atom is 0.244 e. The molecular weight excluding hydrogens is 254 g/mol. The standard InChI is InChI=1S/C15H17N3O2/c1-2-20-14-6-4-3-5-13(14)7-8-15(19)16-9-12-10-17-18-11-12/h3-8,10-11H,2,9H2,1H3,(H,16,19)(H,17,18)/b8-7+. The summed E-state index contributed by atoms with van der Waals surface area (Å²) in [6, 6.07) is 7.60. The molecule has 1 aromatic carbocycles. The van der Waals surface area contributed by atoms with Crippen LogP contribution in [0.1, 0.15) is 18.1 Å². The first-order chi connectivity index (χ1) is 9.79. The fourth-order valence-corrected chi connectivity index (χ4v) is 1.69. The summed E-state index contributed by atoms with van der Waals surface area (Å²) < 4.78 is 5.49. The van der Waals surface area contributed by atoms with E-state index in [1.807, 2.05) is 31.2 Å². The third-order valence-electron chi connectivity index (χ3n) is 2.65. The number of carbonyl (C=O) groups excluding carboxylic acids is 1. The Labute approximate surface area is 117 Å². The molecular formula is C15H17N3O2. The number of hydrogen-bond acceptors (Lipinski definition) is 3. The molecule has 0 aliphatic rings. The van der Waals surface area contributed by atoms with E-state index in [4.69, 9.17) is 4.74 Å².